The van der Waals surface area contributed by atoms with Crippen molar-refractivity contribution in [2.24, 2.45) is 0 Å². The molecule has 0 N–H and O–H groups in total. The zero-order valence-electron chi connectivity index (χ0n) is 11.4. The molecular formula is C15H20Cl2O2. The van der Waals surface area contributed by atoms with Crippen LogP contribution in [-0.4, -0.2) is 10.5 Å². The second-order valence-corrected chi connectivity index (χ2v) is 4.84. The van der Waals surface area contributed by atoms with Crippen LogP contribution in [0.4, 0.5) is 0 Å². The van der Waals surface area contributed by atoms with Crippen molar-refractivity contribution in [1.29, 1.82) is 0 Å². The number of unbranched alkanes of at least 4 members (excludes halogenated alkanes) is 4. The van der Waals surface area contributed by atoms with Gasteiger partial charge in [-0.2, -0.15) is 0 Å². The van der Waals surface area contributed by atoms with Gasteiger partial charge in [0.25, 0.3) is 10.5 Å². The Morgan fingerprint density at radius 3 is 1.47 bits per heavy atom. The zero-order chi connectivity index (χ0) is 14.7. The van der Waals surface area contributed by atoms with Gasteiger partial charge in [-0.3, -0.25) is 9.59 Å². The van der Waals surface area contributed by atoms with E-state index < -0.39 is 10.5 Å². The highest BCUT2D eigenvalue weighted by atomic mass is 35.5. The summed E-state index contributed by atoms with van der Waals surface area (Å²) in [6, 6.07) is 6.12. The Morgan fingerprint density at radius 2 is 1.21 bits per heavy atom. The molecule has 0 saturated heterocycles. The van der Waals surface area contributed by atoms with Gasteiger partial charge in [0.15, 0.2) is 0 Å². The first-order valence-corrected chi connectivity index (χ1v) is 7.28. The molecule has 0 spiro atoms. The van der Waals surface area contributed by atoms with E-state index >= 15 is 0 Å². The van der Waals surface area contributed by atoms with Crippen LogP contribution in [0, 0.1) is 0 Å². The lowest BCUT2D eigenvalue weighted by Gasteiger charge is -1.98. The summed E-state index contributed by atoms with van der Waals surface area (Å²) in [5.74, 6) is 0. The first-order valence-electron chi connectivity index (χ1n) is 6.53. The fourth-order valence-electron chi connectivity index (χ4n) is 1.50. The van der Waals surface area contributed by atoms with Gasteiger partial charge in [-0.05, 0) is 35.3 Å². The monoisotopic (exact) mass is 302 g/mol. The lowest BCUT2D eigenvalue weighted by molar-refractivity contribution is 0.105. The van der Waals surface area contributed by atoms with E-state index in [2.05, 4.69) is 13.8 Å². The normalized spacial score (nSPS) is 9.47. The molecule has 1 aromatic carbocycles. The highest BCUT2D eigenvalue weighted by molar-refractivity contribution is 6.71. The molecule has 0 saturated carbocycles. The Bertz CT molecular complexity index is 366. The van der Waals surface area contributed by atoms with Crippen LogP contribution in [0.15, 0.2) is 24.3 Å². The summed E-state index contributed by atoms with van der Waals surface area (Å²) in [4.78, 5) is 21.5. The summed E-state index contributed by atoms with van der Waals surface area (Å²) in [6.07, 6.45) is 7.01. The van der Waals surface area contributed by atoms with Crippen molar-refractivity contribution in [3.05, 3.63) is 35.4 Å². The molecule has 1 rings (SSSR count). The van der Waals surface area contributed by atoms with Crippen molar-refractivity contribution in [3.63, 3.8) is 0 Å². The van der Waals surface area contributed by atoms with E-state index in [1.165, 1.54) is 44.2 Å². The Labute approximate surface area is 125 Å². The highest BCUT2D eigenvalue weighted by Crippen LogP contribution is 2.13. The van der Waals surface area contributed by atoms with E-state index in [1.807, 2.05) is 0 Å². The second-order valence-electron chi connectivity index (χ2n) is 4.15. The molecule has 2 nitrogen and oxygen atoms in total. The third kappa shape index (κ3) is 8.02. The minimum atomic E-state index is -0.681. The van der Waals surface area contributed by atoms with E-state index in [4.69, 9.17) is 23.2 Å². The lowest BCUT2D eigenvalue weighted by atomic mass is 10.1. The minimum absolute atomic E-state index is 0.138. The molecule has 0 radical (unpaired) electrons. The van der Waals surface area contributed by atoms with Gasteiger partial charge in [-0.25, -0.2) is 0 Å². The van der Waals surface area contributed by atoms with Crippen LogP contribution in [0.25, 0.3) is 0 Å². The number of halogens is 2. The summed E-state index contributed by atoms with van der Waals surface area (Å²) in [5, 5.41) is -1.36. The number of benzene rings is 1. The Balaban J connectivity index is 0.000000399. The molecule has 19 heavy (non-hydrogen) atoms. The highest BCUT2D eigenvalue weighted by Gasteiger charge is 2.12. The van der Waals surface area contributed by atoms with Gasteiger partial charge in [0, 0.05) is 11.1 Å². The lowest BCUT2D eigenvalue weighted by Crippen LogP contribution is -1.99. The number of carbonyl (C=O) groups is 2. The zero-order valence-corrected chi connectivity index (χ0v) is 12.9. The van der Waals surface area contributed by atoms with Crippen LogP contribution in [0.1, 0.15) is 66.7 Å². The van der Waals surface area contributed by atoms with Crippen molar-refractivity contribution in [3.8, 4) is 0 Å². The summed E-state index contributed by atoms with van der Waals surface area (Å²) in [6.45, 7) is 4.49. The molecule has 0 unspecified atom stereocenters. The summed E-state index contributed by atoms with van der Waals surface area (Å²) >= 11 is 10.4. The van der Waals surface area contributed by atoms with Crippen molar-refractivity contribution in [2.75, 3.05) is 0 Å². The molecule has 0 aliphatic carbocycles. The first-order chi connectivity index (χ1) is 9.04. The van der Waals surface area contributed by atoms with Crippen LogP contribution in [0.3, 0.4) is 0 Å². The van der Waals surface area contributed by atoms with E-state index in [0.717, 1.165) is 0 Å². The number of hydrogen-bond acceptors (Lipinski definition) is 2. The molecule has 106 valence electrons. The van der Waals surface area contributed by atoms with Gasteiger partial charge in [0.1, 0.15) is 0 Å². The van der Waals surface area contributed by atoms with Crippen molar-refractivity contribution >= 4 is 33.7 Å². The SMILES string of the molecule is CCCCCCC.O=C(Cl)c1ccccc1C(=O)Cl. The van der Waals surface area contributed by atoms with Gasteiger partial charge in [-0.1, -0.05) is 58.1 Å². The van der Waals surface area contributed by atoms with Crippen molar-refractivity contribution in [2.45, 2.75) is 46.0 Å². The Hall–Kier alpha value is -0.860. The minimum Gasteiger partial charge on any atom is -0.276 e. The third-order valence-electron chi connectivity index (χ3n) is 2.56. The van der Waals surface area contributed by atoms with Gasteiger partial charge in [-0.15, -0.1) is 0 Å². The fourth-order valence-corrected chi connectivity index (χ4v) is 1.83. The number of rotatable bonds is 6. The number of carbonyl (C=O) groups excluding carboxylic acids is 2. The fraction of sp³-hybridized carbons (Fsp3) is 0.467. The smallest absolute Gasteiger partial charge is 0.253 e. The van der Waals surface area contributed by atoms with E-state index in [1.54, 1.807) is 12.1 Å². The van der Waals surface area contributed by atoms with Gasteiger partial charge >= 0.3 is 0 Å². The maximum Gasteiger partial charge on any atom is 0.253 e. The topological polar surface area (TPSA) is 34.1 Å². The second kappa shape index (κ2) is 11.0. The van der Waals surface area contributed by atoms with Crippen LogP contribution < -0.4 is 0 Å². The summed E-state index contributed by atoms with van der Waals surface area (Å²) in [5.41, 5.74) is 0.276. The predicted molar refractivity (Wildman–Crippen MR) is 81.2 cm³/mol. The van der Waals surface area contributed by atoms with Crippen LogP contribution >= 0.6 is 23.2 Å². The molecule has 0 aromatic heterocycles. The van der Waals surface area contributed by atoms with Crippen molar-refractivity contribution in [1.82, 2.24) is 0 Å². The van der Waals surface area contributed by atoms with Gasteiger partial charge in [0.05, 0.1) is 0 Å². The molecule has 0 fully saturated rings. The van der Waals surface area contributed by atoms with Crippen LogP contribution in [0.2, 0.25) is 0 Å². The summed E-state index contributed by atoms with van der Waals surface area (Å²) in [7, 11) is 0. The van der Waals surface area contributed by atoms with Gasteiger partial charge < -0.3 is 0 Å². The average molecular weight is 303 g/mol. The van der Waals surface area contributed by atoms with Crippen molar-refractivity contribution < 1.29 is 9.59 Å². The molecule has 4 heteroatoms. The largest absolute Gasteiger partial charge is 0.276 e. The molecule has 0 heterocycles. The summed E-state index contributed by atoms with van der Waals surface area (Å²) < 4.78 is 0. The maximum absolute atomic E-state index is 10.7. The van der Waals surface area contributed by atoms with E-state index in [9.17, 15) is 9.59 Å². The number of hydrogen-bond donors (Lipinski definition) is 0. The maximum atomic E-state index is 10.7. The molecule has 0 aliphatic rings. The molecular weight excluding hydrogens is 283 g/mol. The molecule has 0 atom stereocenters. The first kappa shape index (κ1) is 18.1. The average Bonchev–Trinajstić information content (AvgIpc) is 2.40. The van der Waals surface area contributed by atoms with Crippen LogP contribution in [-0.2, 0) is 0 Å². The Morgan fingerprint density at radius 1 is 0.842 bits per heavy atom. The van der Waals surface area contributed by atoms with Crippen LogP contribution in [0.5, 0.6) is 0 Å². The van der Waals surface area contributed by atoms with E-state index in [0.29, 0.717) is 0 Å². The standard InChI is InChI=1S/C8H4Cl2O2.C7H16/c9-7(11)5-3-1-2-4-6(5)8(10)12;1-3-5-7-6-4-2/h1-4H;3-7H2,1-2H3. The van der Waals surface area contributed by atoms with E-state index in [-0.39, 0.29) is 11.1 Å². The molecule has 0 aliphatic heterocycles. The molecule has 0 bridgehead atoms. The van der Waals surface area contributed by atoms with Gasteiger partial charge in [0.2, 0.25) is 0 Å². The quantitative estimate of drug-likeness (QED) is 0.519. The Kier molecular flexibility index (Phi) is 10.5. The molecule has 1 aromatic rings. The molecule has 0 amide bonds. The predicted octanol–water partition coefficient (Wildman–Crippen LogP) is 5.42. The third-order valence-corrected chi connectivity index (χ3v) is 2.96.